The lowest BCUT2D eigenvalue weighted by molar-refractivity contribution is 0.136. The number of benzene rings is 1. The van der Waals surface area contributed by atoms with E-state index in [2.05, 4.69) is 5.32 Å². The van der Waals surface area contributed by atoms with Gasteiger partial charge in [0.1, 0.15) is 5.75 Å². The molecule has 0 bridgehead atoms. The minimum absolute atomic E-state index is 0.282. The van der Waals surface area contributed by atoms with Crippen LogP contribution in [0.15, 0.2) is 17.0 Å². The zero-order chi connectivity index (χ0) is 15.8. The predicted octanol–water partition coefficient (Wildman–Crippen LogP) is 0.265. The van der Waals surface area contributed by atoms with Crippen molar-refractivity contribution < 1.29 is 18.3 Å². The second-order valence-electron chi connectivity index (χ2n) is 5.40. The third-order valence-corrected chi connectivity index (χ3v) is 6.11. The van der Waals surface area contributed by atoms with Crippen molar-refractivity contribution in [3.8, 4) is 5.75 Å². The SMILES string of the molecule is COc1cc(C)c(S(=O)(=O)N(C)[C@H]2CNC[C@@H]2O)c(C)c1. The summed E-state index contributed by atoms with van der Waals surface area (Å²) in [6, 6.07) is 2.96. The number of aryl methyl sites for hydroxylation is 2. The number of hydrogen-bond donors (Lipinski definition) is 2. The molecule has 2 N–H and O–H groups in total. The summed E-state index contributed by atoms with van der Waals surface area (Å²) in [6.07, 6.45) is -0.691. The topological polar surface area (TPSA) is 78.9 Å². The van der Waals surface area contributed by atoms with Crippen LogP contribution in [0.25, 0.3) is 0 Å². The van der Waals surface area contributed by atoms with Gasteiger partial charge in [-0.25, -0.2) is 8.42 Å². The van der Waals surface area contributed by atoms with Crippen molar-refractivity contribution in [2.45, 2.75) is 30.9 Å². The van der Waals surface area contributed by atoms with Gasteiger partial charge in [0.25, 0.3) is 0 Å². The average molecular weight is 314 g/mol. The van der Waals surface area contributed by atoms with Gasteiger partial charge in [-0.1, -0.05) is 0 Å². The summed E-state index contributed by atoms with van der Waals surface area (Å²) in [5, 5.41) is 12.9. The fourth-order valence-corrected chi connectivity index (χ4v) is 4.57. The largest absolute Gasteiger partial charge is 0.497 e. The molecule has 21 heavy (non-hydrogen) atoms. The molecule has 0 saturated carbocycles. The first kappa shape index (κ1) is 16.2. The molecule has 2 atom stereocenters. The highest BCUT2D eigenvalue weighted by molar-refractivity contribution is 7.89. The summed E-state index contributed by atoms with van der Waals surface area (Å²) >= 11 is 0. The Morgan fingerprint density at radius 3 is 2.29 bits per heavy atom. The van der Waals surface area contributed by atoms with Crippen molar-refractivity contribution in [2.24, 2.45) is 0 Å². The first-order valence-electron chi connectivity index (χ1n) is 6.81. The van der Waals surface area contributed by atoms with Crippen LogP contribution in [0.2, 0.25) is 0 Å². The lowest BCUT2D eigenvalue weighted by Crippen LogP contribution is -2.44. The quantitative estimate of drug-likeness (QED) is 0.834. The minimum Gasteiger partial charge on any atom is -0.497 e. The Morgan fingerprint density at radius 1 is 1.29 bits per heavy atom. The third kappa shape index (κ3) is 2.91. The van der Waals surface area contributed by atoms with Crippen molar-refractivity contribution >= 4 is 10.0 Å². The number of ether oxygens (including phenoxy) is 1. The Balaban J connectivity index is 2.44. The van der Waals surface area contributed by atoms with E-state index in [0.717, 1.165) is 0 Å². The monoisotopic (exact) mass is 314 g/mol. The molecular weight excluding hydrogens is 292 g/mol. The zero-order valence-electron chi connectivity index (χ0n) is 12.8. The highest BCUT2D eigenvalue weighted by atomic mass is 32.2. The third-order valence-electron chi connectivity index (χ3n) is 3.92. The van der Waals surface area contributed by atoms with Crippen LogP contribution in [-0.4, -0.2) is 57.2 Å². The number of hydrogen-bond acceptors (Lipinski definition) is 5. The van der Waals surface area contributed by atoms with E-state index in [1.807, 2.05) is 0 Å². The molecule has 1 aliphatic heterocycles. The van der Waals surface area contributed by atoms with Crippen LogP contribution in [0.4, 0.5) is 0 Å². The number of aliphatic hydroxyl groups excluding tert-OH is 1. The van der Waals surface area contributed by atoms with E-state index >= 15 is 0 Å². The molecule has 118 valence electrons. The molecule has 0 radical (unpaired) electrons. The van der Waals surface area contributed by atoms with Crippen LogP contribution >= 0.6 is 0 Å². The maximum absolute atomic E-state index is 12.9. The summed E-state index contributed by atoms with van der Waals surface area (Å²) in [5.74, 6) is 0.633. The molecule has 1 heterocycles. The van der Waals surface area contributed by atoms with Crippen LogP contribution in [0.5, 0.6) is 5.75 Å². The molecule has 2 rings (SSSR count). The van der Waals surface area contributed by atoms with Crippen molar-refractivity contribution in [3.63, 3.8) is 0 Å². The smallest absolute Gasteiger partial charge is 0.243 e. The lowest BCUT2D eigenvalue weighted by Gasteiger charge is -2.27. The number of β-amino-alcohol motifs (C(OH)–C–C–N with tert-alkyl or cyclic N) is 1. The number of aliphatic hydroxyl groups is 1. The van der Waals surface area contributed by atoms with E-state index in [1.165, 1.54) is 11.4 Å². The summed E-state index contributed by atoms with van der Waals surface area (Å²) in [7, 11) is -0.600. The number of rotatable bonds is 4. The molecule has 1 saturated heterocycles. The second-order valence-corrected chi connectivity index (χ2v) is 7.34. The molecule has 0 amide bonds. The number of sulfonamides is 1. The van der Waals surface area contributed by atoms with Gasteiger partial charge in [-0.05, 0) is 37.1 Å². The fourth-order valence-electron chi connectivity index (χ4n) is 2.78. The Bertz CT molecular complexity index is 607. The van der Waals surface area contributed by atoms with Crippen LogP contribution in [-0.2, 0) is 10.0 Å². The van der Waals surface area contributed by atoms with Gasteiger partial charge < -0.3 is 15.2 Å². The molecular formula is C14H22N2O4S. The molecule has 1 aliphatic rings. The van der Waals surface area contributed by atoms with Crippen molar-refractivity contribution in [1.29, 1.82) is 0 Å². The molecule has 0 aromatic heterocycles. The number of likely N-dealkylation sites (N-methyl/N-ethyl adjacent to an activating group) is 1. The average Bonchev–Trinajstić information content (AvgIpc) is 2.82. The van der Waals surface area contributed by atoms with Crippen molar-refractivity contribution in [3.05, 3.63) is 23.3 Å². The van der Waals surface area contributed by atoms with Gasteiger partial charge in [0, 0.05) is 20.1 Å². The summed E-state index contributed by atoms with van der Waals surface area (Å²) in [4.78, 5) is 0.282. The number of nitrogens with one attached hydrogen (secondary N) is 1. The van der Waals surface area contributed by atoms with Gasteiger partial charge in [0.05, 0.1) is 24.2 Å². The Kier molecular flexibility index (Phi) is 4.57. The first-order chi connectivity index (χ1) is 9.78. The highest BCUT2D eigenvalue weighted by Crippen LogP contribution is 2.29. The van der Waals surface area contributed by atoms with E-state index in [1.54, 1.807) is 33.1 Å². The zero-order valence-corrected chi connectivity index (χ0v) is 13.6. The van der Waals surface area contributed by atoms with Gasteiger partial charge in [0.2, 0.25) is 10.0 Å². The standard InChI is InChI=1S/C14H22N2O4S/c1-9-5-11(20-4)6-10(2)14(9)21(18,19)16(3)12-7-15-8-13(12)17/h5-6,12-13,15,17H,7-8H2,1-4H3/t12-,13-/m0/s1. The van der Waals surface area contributed by atoms with Gasteiger partial charge >= 0.3 is 0 Å². The van der Waals surface area contributed by atoms with Crippen molar-refractivity contribution in [2.75, 3.05) is 27.2 Å². The molecule has 0 aliphatic carbocycles. The first-order valence-corrected chi connectivity index (χ1v) is 8.25. The van der Waals surface area contributed by atoms with E-state index in [0.29, 0.717) is 30.0 Å². The lowest BCUT2D eigenvalue weighted by atomic mass is 10.1. The Labute approximate surface area is 125 Å². The van der Waals surface area contributed by atoms with E-state index in [-0.39, 0.29) is 4.90 Å². The Hall–Kier alpha value is -1.15. The van der Waals surface area contributed by atoms with Gasteiger partial charge in [-0.2, -0.15) is 4.31 Å². The fraction of sp³-hybridized carbons (Fsp3) is 0.571. The van der Waals surface area contributed by atoms with E-state index in [9.17, 15) is 13.5 Å². The van der Waals surface area contributed by atoms with Crippen LogP contribution < -0.4 is 10.1 Å². The molecule has 7 heteroatoms. The van der Waals surface area contributed by atoms with Crippen molar-refractivity contribution in [1.82, 2.24) is 9.62 Å². The molecule has 1 aromatic carbocycles. The highest BCUT2D eigenvalue weighted by Gasteiger charge is 2.37. The maximum Gasteiger partial charge on any atom is 0.243 e. The molecule has 0 unspecified atom stereocenters. The van der Waals surface area contributed by atoms with Gasteiger partial charge in [-0.3, -0.25) is 0 Å². The van der Waals surface area contributed by atoms with E-state index in [4.69, 9.17) is 4.74 Å². The maximum atomic E-state index is 12.9. The van der Waals surface area contributed by atoms with Crippen LogP contribution in [0.3, 0.4) is 0 Å². The summed E-state index contributed by atoms with van der Waals surface area (Å²) in [6.45, 7) is 4.36. The minimum atomic E-state index is -3.66. The Morgan fingerprint density at radius 2 is 1.86 bits per heavy atom. The molecule has 1 aromatic rings. The van der Waals surface area contributed by atoms with Crippen LogP contribution in [0.1, 0.15) is 11.1 Å². The number of nitrogens with zero attached hydrogens (tertiary/aromatic N) is 1. The molecule has 1 fully saturated rings. The molecule has 6 nitrogen and oxygen atoms in total. The second kappa shape index (κ2) is 5.92. The van der Waals surface area contributed by atoms with Gasteiger partial charge in [-0.15, -0.1) is 0 Å². The number of methoxy groups -OCH3 is 1. The summed E-state index contributed by atoms with van der Waals surface area (Å²) in [5.41, 5.74) is 1.28. The normalized spacial score (nSPS) is 22.8. The van der Waals surface area contributed by atoms with E-state index < -0.39 is 22.2 Å². The molecule has 0 spiro atoms. The van der Waals surface area contributed by atoms with Crippen LogP contribution in [0, 0.1) is 13.8 Å². The van der Waals surface area contributed by atoms with Gasteiger partial charge in [0.15, 0.2) is 0 Å². The predicted molar refractivity (Wildman–Crippen MR) is 80.1 cm³/mol. The summed E-state index contributed by atoms with van der Waals surface area (Å²) < 4.78 is 32.1.